The zero-order valence-corrected chi connectivity index (χ0v) is 14.6. The third-order valence-electron chi connectivity index (χ3n) is 4.54. The van der Waals surface area contributed by atoms with Crippen molar-refractivity contribution in [2.24, 2.45) is 0 Å². The number of nitrogens with one attached hydrogen (secondary N) is 2. The van der Waals surface area contributed by atoms with Gasteiger partial charge in [-0.25, -0.2) is 9.18 Å². The van der Waals surface area contributed by atoms with Crippen LogP contribution in [0, 0.1) is 5.82 Å². The maximum absolute atomic E-state index is 13.2. The first-order chi connectivity index (χ1) is 12.6. The van der Waals surface area contributed by atoms with Gasteiger partial charge in [0.15, 0.2) is 0 Å². The van der Waals surface area contributed by atoms with Crippen LogP contribution in [0.25, 0.3) is 0 Å². The van der Waals surface area contributed by atoms with Gasteiger partial charge in [-0.05, 0) is 49.1 Å². The second-order valence-electron chi connectivity index (χ2n) is 6.47. The van der Waals surface area contributed by atoms with Gasteiger partial charge in [0, 0.05) is 19.6 Å². The summed E-state index contributed by atoms with van der Waals surface area (Å²) in [4.78, 5) is 14.5. The molecule has 1 fully saturated rings. The minimum Gasteiger partial charge on any atom is -0.387 e. The summed E-state index contributed by atoms with van der Waals surface area (Å²) in [5.74, 6) is -0.415. The second kappa shape index (κ2) is 8.67. The minimum atomic E-state index is -0.964. The van der Waals surface area contributed by atoms with Crippen LogP contribution in [0.15, 0.2) is 48.5 Å². The molecule has 26 heavy (non-hydrogen) atoms. The van der Waals surface area contributed by atoms with Gasteiger partial charge >= 0.3 is 6.03 Å². The van der Waals surface area contributed by atoms with E-state index in [9.17, 15) is 14.3 Å². The van der Waals surface area contributed by atoms with E-state index in [2.05, 4.69) is 15.5 Å². The maximum Gasteiger partial charge on any atom is 0.319 e. The lowest BCUT2D eigenvalue weighted by Crippen LogP contribution is -2.34. The van der Waals surface area contributed by atoms with Crippen molar-refractivity contribution in [1.82, 2.24) is 5.32 Å². The van der Waals surface area contributed by atoms with E-state index in [4.69, 9.17) is 0 Å². The molecule has 0 bridgehead atoms. The highest BCUT2D eigenvalue weighted by molar-refractivity contribution is 5.93. The molecule has 138 valence electrons. The van der Waals surface area contributed by atoms with Gasteiger partial charge in [-0.1, -0.05) is 24.3 Å². The SMILES string of the molecule is O=C(NCC(O)c1cccc(F)c1)Nc1ccccc1N1CCCCC1. The Hall–Kier alpha value is -2.60. The maximum atomic E-state index is 13.2. The number of carbonyl (C=O) groups is 1. The first-order valence-electron chi connectivity index (χ1n) is 8.96. The second-order valence-corrected chi connectivity index (χ2v) is 6.47. The largest absolute Gasteiger partial charge is 0.387 e. The van der Waals surface area contributed by atoms with Crippen LogP contribution >= 0.6 is 0 Å². The number of carbonyl (C=O) groups excluding carboxylic acids is 1. The van der Waals surface area contributed by atoms with Crippen molar-refractivity contribution < 1.29 is 14.3 Å². The first-order valence-corrected chi connectivity index (χ1v) is 8.96. The molecule has 1 heterocycles. The van der Waals surface area contributed by atoms with E-state index < -0.39 is 18.0 Å². The number of aliphatic hydroxyl groups excluding tert-OH is 1. The number of hydrogen-bond donors (Lipinski definition) is 3. The number of aliphatic hydroxyl groups is 1. The smallest absolute Gasteiger partial charge is 0.319 e. The molecule has 1 saturated heterocycles. The molecule has 2 aromatic carbocycles. The summed E-state index contributed by atoms with van der Waals surface area (Å²) in [6.07, 6.45) is 2.58. The highest BCUT2D eigenvalue weighted by Crippen LogP contribution is 2.28. The molecule has 1 atom stereocenters. The van der Waals surface area contributed by atoms with E-state index in [1.165, 1.54) is 24.6 Å². The number of urea groups is 1. The van der Waals surface area contributed by atoms with Crippen LogP contribution < -0.4 is 15.5 Å². The molecular weight excluding hydrogens is 333 g/mol. The van der Waals surface area contributed by atoms with Crippen molar-refractivity contribution in [3.63, 3.8) is 0 Å². The number of para-hydroxylation sites is 2. The van der Waals surface area contributed by atoms with Crippen molar-refractivity contribution in [2.75, 3.05) is 29.9 Å². The van der Waals surface area contributed by atoms with Gasteiger partial charge in [-0.2, -0.15) is 0 Å². The molecule has 1 aliphatic rings. The van der Waals surface area contributed by atoms with Gasteiger partial charge in [-0.15, -0.1) is 0 Å². The summed E-state index contributed by atoms with van der Waals surface area (Å²) in [5, 5.41) is 15.6. The standard InChI is InChI=1S/C20H24FN3O2/c21-16-8-6-7-15(13-16)19(25)14-22-20(26)23-17-9-2-3-10-18(17)24-11-4-1-5-12-24/h2-3,6-10,13,19,25H,1,4-5,11-12,14H2,(H2,22,23,26). The van der Waals surface area contributed by atoms with Gasteiger partial charge in [0.05, 0.1) is 17.5 Å². The molecule has 1 unspecified atom stereocenters. The molecular formula is C20H24FN3O2. The Kier molecular flexibility index (Phi) is 6.07. The number of piperidine rings is 1. The van der Waals surface area contributed by atoms with Gasteiger partial charge in [0.1, 0.15) is 5.82 Å². The Morgan fingerprint density at radius 1 is 1.12 bits per heavy atom. The van der Waals surface area contributed by atoms with Gasteiger partial charge < -0.3 is 20.6 Å². The molecule has 2 amide bonds. The van der Waals surface area contributed by atoms with Gasteiger partial charge in [-0.3, -0.25) is 0 Å². The van der Waals surface area contributed by atoms with Crippen LogP contribution in [0.2, 0.25) is 0 Å². The monoisotopic (exact) mass is 357 g/mol. The van der Waals surface area contributed by atoms with Crippen molar-refractivity contribution >= 4 is 17.4 Å². The lowest BCUT2D eigenvalue weighted by atomic mass is 10.1. The lowest BCUT2D eigenvalue weighted by Gasteiger charge is -2.30. The molecule has 0 radical (unpaired) electrons. The van der Waals surface area contributed by atoms with E-state index >= 15 is 0 Å². The van der Waals surface area contributed by atoms with Crippen LogP contribution in [-0.2, 0) is 0 Å². The number of halogens is 1. The number of benzene rings is 2. The number of nitrogens with zero attached hydrogens (tertiary/aromatic N) is 1. The summed E-state index contributed by atoms with van der Waals surface area (Å²) >= 11 is 0. The van der Waals surface area contributed by atoms with Crippen molar-refractivity contribution in [3.8, 4) is 0 Å². The van der Waals surface area contributed by atoms with E-state index in [1.54, 1.807) is 6.07 Å². The van der Waals surface area contributed by atoms with Gasteiger partial charge in [0.25, 0.3) is 0 Å². The molecule has 5 nitrogen and oxygen atoms in total. The Morgan fingerprint density at radius 3 is 2.65 bits per heavy atom. The number of amides is 2. The number of rotatable bonds is 5. The molecule has 0 spiro atoms. The fourth-order valence-electron chi connectivity index (χ4n) is 3.18. The molecule has 6 heteroatoms. The summed E-state index contributed by atoms with van der Waals surface area (Å²) in [6, 6.07) is 13.0. The summed E-state index contributed by atoms with van der Waals surface area (Å²) in [7, 11) is 0. The quantitative estimate of drug-likeness (QED) is 0.765. The fraction of sp³-hybridized carbons (Fsp3) is 0.350. The van der Waals surface area contributed by atoms with Crippen molar-refractivity contribution in [2.45, 2.75) is 25.4 Å². The van der Waals surface area contributed by atoms with Crippen LogP contribution in [0.4, 0.5) is 20.6 Å². The zero-order chi connectivity index (χ0) is 18.4. The fourth-order valence-corrected chi connectivity index (χ4v) is 3.18. The zero-order valence-electron chi connectivity index (χ0n) is 14.6. The average Bonchev–Trinajstić information content (AvgIpc) is 2.67. The lowest BCUT2D eigenvalue weighted by molar-refractivity contribution is 0.174. The van der Waals surface area contributed by atoms with E-state index in [0.717, 1.165) is 37.3 Å². The van der Waals surface area contributed by atoms with E-state index in [1.807, 2.05) is 24.3 Å². The van der Waals surface area contributed by atoms with Crippen LogP contribution in [0.1, 0.15) is 30.9 Å². The Labute approximate surface area is 152 Å². The Morgan fingerprint density at radius 2 is 1.88 bits per heavy atom. The molecule has 0 aromatic heterocycles. The number of hydrogen-bond acceptors (Lipinski definition) is 3. The highest BCUT2D eigenvalue weighted by Gasteiger charge is 2.16. The minimum absolute atomic E-state index is 0.00116. The molecule has 0 saturated carbocycles. The van der Waals surface area contributed by atoms with Crippen LogP contribution in [-0.4, -0.2) is 30.8 Å². The number of anilines is 2. The predicted octanol–water partition coefficient (Wildman–Crippen LogP) is 3.67. The molecule has 2 aromatic rings. The average molecular weight is 357 g/mol. The van der Waals surface area contributed by atoms with Crippen LogP contribution in [0.5, 0.6) is 0 Å². The van der Waals surface area contributed by atoms with E-state index in [0.29, 0.717) is 5.56 Å². The van der Waals surface area contributed by atoms with Crippen molar-refractivity contribution in [1.29, 1.82) is 0 Å². The van der Waals surface area contributed by atoms with Gasteiger partial charge in [0.2, 0.25) is 0 Å². The topological polar surface area (TPSA) is 64.6 Å². The Balaban J connectivity index is 1.58. The third-order valence-corrected chi connectivity index (χ3v) is 4.54. The highest BCUT2D eigenvalue weighted by atomic mass is 19.1. The molecule has 3 rings (SSSR count). The summed E-state index contributed by atoms with van der Waals surface area (Å²) in [6.45, 7) is 1.97. The molecule has 1 aliphatic heterocycles. The summed E-state index contributed by atoms with van der Waals surface area (Å²) < 4.78 is 13.2. The molecule has 0 aliphatic carbocycles. The van der Waals surface area contributed by atoms with E-state index in [-0.39, 0.29) is 6.54 Å². The normalized spacial score (nSPS) is 15.4. The van der Waals surface area contributed by atoms with Crippen LogP contribution in [0.3, 0.4) is 0 Å². The molecule has 3 N–H and O–H groups in total. The Bertz CT molecular complexity index is 747. The predicted molar refractivity (Wildman–Crippen MR) is 101 cm³/mol. The first kappa shape index (κ1) is 18.2. The van der Waals surface area contributed by atoms with Crippen molar-refractivity contribution in [3.05, 3.63) is 59.9 Å². The summed E-state index contributed by atoms with van der Waals surface area (Å²) in [5.41, 5.74) is 2.18. The third kappa shape index (κ3) is 4.73.